The highest BCUT2D eigenvalue weighted by atomic mass is 35.5. The summed E-state index contributed by atoms with van der Waals surface area (Å²) in [5, 5.41) is 7.89. The lowest BCUT2D eigenvalue weighted by Gasteiger charge is -2.06. The van der Waals surface area contributed by atoms with E-state index in [1.165, 1.54) is 16.8 Å². The van der Waals surface area contributed by atoms with Gasteiger partial charge in [0.1, 0.15) is 5.82 Å². The van der Waals surface area contributed by atoms with Gasteiger partial charge >= 0.3 is 0 Å². The smallest absolute Gasteiger partial charge is 0.184 e. The Morgan fingerprint density at radius 1 is 1.42 bits per heavy atom. The summed E-state index contributed by atoms with van der Waals surface area (Å²) >= 11 is 5.75. The summed E-state index contributed by atoms with van der Waals surface area (Å²) in [6, 6.07) is 4.28. The average molecular weight is 282 g/mol. The number of halogens is 2. The van der Waals surface area contributed by atoms with E-state index in [0.29, 0.717) is 29.9 Å². The van der Waals surface area contributed by atoms with Crippen LogP contribution in [-0.2, 0) is 6.42 Å². The van der Waals surface area contributed by atoms with Crippen LogP contribution in [0.1, 0.15) is 36.5 Å². The normalized spacial score (nSPS) is 10.7. The van der Waals surface area contributed by atoms with Gasteiger partial charge in [-0.15, -0.1) is 5.10 Å². The van der Waals surface area contributed by atoms with Gasteiger partial charge in [0.15, 0.2) is 11.5 Å². The van der Waals surface area contributed by atoms with Gasteiger partial charge in [-0.2, -0.15) is 0 Å². The fourth-order valence-electron chi connectivity index (χ4n) is 1.83. The van der Waals surface area contributed by atoms with Crippen LogP contribution in [0.15, 0.2) is 18.2 Å². The van der Waals surface area contributed by atoms with Crippen LogP contribution in [0.25, 0.3) is 5.69 Å². The molecule has 6 heteroatoms. The van der Waals surface area contributed by atoms with Crippen LogP contribution in [0.5, 0.6) is 0 Å². The zero-order chi connectivity index (χ0) is 14.0. The quantitative estimate of drug-likeness (QED) is 0.809. The van der Waals surface area contributed by atoms with Crippen molar-refractivity contribution in [1.82, 2.24) is 15.0 Å². The predicted molar refractivity (Wildman–Crippen MR) is 70.3 cm³/mol. The molecular formula is C13H13ClFN3O. The number of nitrogens with zero attached hydrogens (tertiary/aromatic N) is 3. The maximum absolute atomic E-state index is 13.2. The third-order valence-corrected chi connectivity index (χ3v) is 3.12. The van der Waals surface area contributed by atoms with Gasteiger partial charge in [-0.05, 0) is 24.6 Å². The van der Waals surface area contributed by atoms with E-state index < -0.39 is 5.82 Å². The van der Waals surface area contributed by atoms with E-state index in [9.17, 15) is 9.18 Å². The molecule has 19 heavy (non-hydrogen) atoms. The molecule has 0 saturated heterocycles. The molecular weight excluding hydrogens is 269 g/mol. The van der Waals surface area contributed by atoms with E-state index in [0.717, 1.165) is 0 Å². The molecule has 4 nitrogen and oxygen atoms in total. The Morgan fingerprint density at radius 3 is 2.74 bits per heavy atom. The van der Waals surface area contributed by atoms with Crippen LogP contribution < -0.4 is 0 Å². The molecule has 100 valence electrons. The number of hydrogen-bond acceptors (Lipinski definition) is 3. The number of aromatic nitrogens is 3. The summed E-state index contributed by atoms with van der Waals surface area (Å²) in [7, 11) is 0. The molecule has 0 bridgehead atoms. The number of hydrogen-bond donors (Lipinski definition) is 0. The van der Waals surface area contributed by atoms with Crippen molar-refractivity contribution >= 4 is 17.4 Å². The molecule has 0 unspecified atom stereocenters. The van der Waals surface area contributed by atoms with Gasteiger partial charge in [0.25, 0.3) is 0 Å². The molecule has 1 aromatic carbocycles. The maximum atomic E-state index is 13.2. The molecule has 0 spiro atoms. The predicted octanol–water partition coefficient (Wildman–Crippen LogP) is 3.21. The molecule has 0 aliphatic carbocycles. The van der Waals surface area contributed by atoms with E-state index >= 15 is 0 Å². The number of Topliss-reactive ketones (excluding diaryl/α,β-unsaturated/α-hetero) is 1. The van der Waals surface area contributed by atoms with Crippen molar-refractivity contribution in [2.24, 2.45) is 0 Å². The van der Waals surface area contributed by atoms with Crippen molar-refractivity contribution in [3.63, 3.8) is 0 Å². The van der Waals surface area contributed by atoms with Crippen molar-refractivity contribution in [3.05, 3.63) is 40.4 Å². The Balaban J connectivity index is 2.53. The number of ketones is 1. The van der Waals surface area contributed by atoms with Crippen LogP contribution in [0.3, 0.4) is 0 Å². The number of benzene rings is 1. The topological polar surface area (TPSA) is 47.8 Å². The lowest BCUT2D eigenvalue weighted by Crippen LogP contribution is -2.06. The molecule has 0 atom stereocenters. The minimum Gasteiger partial charge on any atom is -0.292 e. The number of carbonyl (C=O) groups is 1. The largest absolute Gasteiger partial charge is 0.292 e. The van der Waals surface area contributed by atoms with E-state index in [1.807, 2.05) is 6.92 Å². The first kappa shape index (κ1) is 13.7. The Bertz CT molecular complexity index is 624. The summed E-state index contributed by atoms with van der Waals surface area (Å²) in [6.07, 6.45) is 0.971. The van der Waals surface area contributed by atoms with Gasteiger partial charge in [-0.3, -0.25) is 4.79 Å². The van der Waals surface area contributed by atoms with Crippen LogP contribution >= 0.6 is 11.6 Å². The minimum atomic E-state index is -0.492. The zero-order valence-electron chi connectivity index (χ0n) is 10.7. The first-order valence-corrected chi connectivity index (χ1v) is 6.39. The molecule has 1 heterocycles. The highest BCUT2D eigenvalue weighted by Gasteiger charge is 2.18. The Labute approximate surface area is 115 Å². The van der Waals surface area contributed by atoms with Crippen LogP contribution in [-0.4, -0.2) is 20.8 Å². The van der Waals surface area contributed by atoms with Crippen LogP contribution in [0.4, 0.5) is 4.39 Å². The molecule has 0 aliphatic rings. The molecule has 0 aliphatic heterocycles. The highest BCUT2D eigenvalue weighted by Crippen LogP contribution is 2.21. The summed E-state index contributed by atoms with van der Waals surface area (Å²) in [4.78, 5) is 11.8. The molecule has 2 aromatic rings. The Kier molecular flexibility index (Phi) is 3.95. The van der Waals surface area contributed by atoms with E-state index in [1.54, 1.807) is 13.0 Å². The van der Waals surface area contributed by atoms with Gasteiger partial charge in [0.2, 0.25) is 0 Å². The van der Waals surface area contributed by atoms with Gasteiger partial charge in [-0.1, -0.05) is 30.7 Å². The second kappa shape index (κ2) is 5.48. The van der Waals surface area contributed by atoms with Crippen molar-refractivity contribution in [3.8, 4) is 5.69 Å². The maximum Gasteiger partial charge on any atom is 0.184 e. The second-order valence-electron chi connectivity index (χ2n) is 4.03. The first-order valence-electron chi connectivity index (χ1n) is 6.01. The van der Waals surface area contributed by atoms with Crippen molar-refractivity contribution in [2.45, 2.75) is 26.7 Å². The van der Waals surface area contributed by atoms with Gasteiger partial charge < -0.3 is 0 Å². The first-order chi connectivity index (χ1) is 9.08. The minimum absolute atomic E-state index is 0.0124. The third kappa shape index (κ3) is 2.51. The van der Waals surface area contributed by atoms with Crippen molar-refractivity contribution < 1.29 is 9.18 Å². The summed E-state index contributed by atoms with van der Waals surface area (Å²) in [6.45, 7) is 3.68. The van der Waals surface area contributed by atoms with Crippen LogP contribution in [0, 0.1) is 5.82 Å². The number of rotatable bonds is 4. The molecule has 0 fully saturated rings. The molecule has 2 rings (SSSR count). The molecule has 0 N–H and O–H groups in total. The summed E-state index contributed by atoms with van der Waals surface area (Å²) in [5.41, 5.74) is 1.66. The second-order valence-corrected chi connectivity index (χ2v) is 4.43. The number of carbonyl (C=O) groups excluding carboxylic acids is 1. The molecule has 0 amide bonds. The highest BCUT2D eigenvalue weighted by molar-refractivity contribution is 6.30. The molecule has 0 saturated carbocycles. The van der Waals surface area contributed by atoms with Gasteiger partial charge in [0, 0.05) is 6.42 Å². The fraction of sp³-hybridized carbons (Fsp3) is 0.308. The van der Waals surface area contributed by atoms with E-state index in [2.05, 4.69) is 10.3 Å². The Morgan fingerprint density at radius 2 is 2.16 bits per heavy atom. The molecule has 0 radical (unpaired) electrons. The van der Waals surface area contributed by atoms with Gasteiger partial charge in [0.05, 0.1) is 16.4 Å². The SMILES string of the molecule is CCC(=O)c1nnn(-c2ccc(F)c(Cl)c2)c1CC. The lowest BCUT2D eigenvalue weighted by atomic mass is 10.1. The van der Waals surface area contributed by atoms with E-state index in [-0.39, 0.29) is 10.8 Å². The van der Waals surface area contributed by atoms with Crippen LogP contribution in [0.2, 0.25) is 5.02 Å². The average Bonchev–Trinajstić information content (AvgIpc) is 2.84. The van der Waals surface area contributed by atoms with E-state index in [4.69, 9.17) is 11.6 Å². The third-order valence-electron chi connectivity index (χ3n) is 2.83. The van der Waals surface area contributed by atoms with Gasteiger partial charge in [-0.25, -0.2) is 9.07 Å². The summed E-state index contributed by atoms with van der Waals surface area (Å²) in [5.74, 6) is -0.551. The fourth-order valence-corrected chi connectivity index (χ4v) is 2.00. The summed E-state index contributed by atoms with van der Waals surface area (Å²) < 4.78 is 14.7. The lowest BCUT2D eigenvalue weighted by molar-refractivity contribution is 0.0982. The Hall–Kier alpha value is -1.75. The van der Waals surface area contributed by atoms with Crippen molar-refractivity contribution in [2.75, 3.05) is 0 Å². The van der Waals surface area contributed by atoms with Crippen molar-refractivity contribution in [1.29, 1.82) is 0 Å². The monoisotopic (exact) mass is 281 g/mol. The zero-order valence-corrected chi connectivity index (χ0v) is 11.4. The standard InChI is InChI=1S/C13H13ClFN3O/c1-3-11-13(12(19)4-2)16-17-18(11)8-5-6-10(15)9(14)7-8/h5-7H,3-4H2,1-2H3. The molecule has 1 aromatic heterocycles.